The van der Waals surface area contributed by atoms with Crippen LogP contribution in [-0.4, -0.2) is 34.1 Å². The Morgan fingerprint density at radius 1 is 0.778 bits per heavy atom. The Bertz CT molecular complexity index is 875. The topological polar surface area (TPSA) is 153 Å². The molecule has 0 atom stereocenters. The van der Waals surface area contributed by atoms with E-state index >= 15 is 0 Å². The molecule has 2 aromatic rings. The van der Waals surface area contributed by atoms with Gasteiger partial charge in [0.1, 0.15) is 22.6 Å². The van der Waals surface area contributed by atoms with E-state index in [2.05, 4.69) is 9.47 Å². The number of hydrogen-bond acceptors (Lipinski definition) is 7. The number of hydrogen-bond donors (Lipinski definition) is 3. The number of carboxylic acid groups (broad SMARTS) is 2. The van der Waals surface area contributed by atoms with E-state index in [0.29, 0.717) is 5.69 Å². The predicted molar refractivity (Wildman–Crippen MR) is 93.8 cm³/mol. The quantitative estimate of drug-likeness (QED) is 0.414. The molecule has 27 heavy (non-hydrogen) atoms. The van der Waals surface area contributed by atoms with E-state index in [0.717, 1.165) is 0 Å². The van der Waals surface area contributed by atoms with Crippen LogP contribution in [0.5, 0.6) is 11.5 Å². The maximum Gasteiger partial charge on any atom is 0.339 e. The number of ether oxygens (including phenoxy) is 2. The number of carbonyl (C=O) groups is 4. The Morgan fingerprint density at radius 3 is 1.74 bits per heavy atom. The molecule has 0 radical (unpaired) electrons. The van der Waals surface area contributed by atoms with Gasteiger partial charge in [0.05, 0.1) is 0 Å². The third-order valence-corrected chi connectivity index (χ3v) is 2.86. The van der Waals surface area contributed by atoms with Crippen molar-refractivity contribution in [1.29, 1.82) is 0 Å². The minimum absolute atomic E-state index is 0.000741. The second-order valence-electron chi connectivity index (χ2n) is 5.05. The SMILES string of the molecule is CC(=O)Oc1ccc(N)cc1C(=O)O.CC(=O)Oc1ccccc1C(=O)O. The number of benzene rings is 2. The van der Waals surface area contributed by atoms with Gasteiger partial charge in [-0.05, 0) is 30.3 Å². The second-order valence-corrected chi connectivity index (χ2v) is 5.05. The number of para-hydroxylation sites is 1. The van der Waals surface area contributed by atoms with Crippen molar-refractivity contribution in [3.05, 3.63) is 53.6 Å². The first-order valence-electron chi connectivity index (χ1n) is 7.43. The molecule has 0 aliphatic rings. The lowest BCUT2D eigenvalue weighted by Gasteiger charge is -2.05. The largest absolute Gasteiger partial charge is 0.478 e. The molecule has 4 N–H and O–H groups in total. The van der Waals surface area contributed by atoms with Gasteiger partial charge in [-0.1, -0.05) is 12.1 Å². The average molecular weight is 375 g/mol. The van der Waals surface area contributed by atoms with Crippen molar-refractivity contribution < 1.29 is 38.9 Å². The van der Waals surface area contributed by atoms with E-state index in [-0.39, 0.29) is 22.6 Å². The number of anilines is 1. The highest BCUT2D eigenvalue weighted by Crippen LogP contribution is 2.21. The van der Waals surface area contributed by atoms with Crippen molar-refractivity contribution in [2.24, 2.45) is 0 Å². The van der Waals surface area contributed by atoms with E-state index in [4.69, 9.17) is 15.9 Å². The third kappa shape index (κ3) is 6.86. The van der Waals surface area contributed by atoms with Gasteiger partial charge < -0.3 is 25.4 Å². The first-order valence-corrected chi connectivity index (χ1v) is 7.43. The first kappa shape index (κ1) is 21.2. The molecule has 0 aliphatic heterocycles. The van der Waals surface area contributed by atoms with Crippen LogP contribution in [0.3, 0.4) is 0 Å². The van der Waals surface area contributed by atoms with Crippen molar-refractivity contribution in [3.8, 4) is 11.5 Å². The molecule has 0 saturated carbocycles. The lowest BCUT2D eigenvalue weighted by molar-refractivity contribution is -0.132. The molecule has 0 saturated heterocycles. The third-order valence-electron chi connectivity index (χ3n) is 2.86. The number of rotatable bonds is 4. The van der Waals surface area contributed by atoms with Crippen LogP contribution in [0.15, 0.2) is 42.5 Å². The zero-order valence-corrected chi connectivity index (χ0v) is 14.5. The Hall–Kier alpha value is -3.88. The summed E-state index contributed by atoms with van der Waals surface area (Å²) in [5.74, 6) is -3.34. The predicted octanol–water partition coefficient (Wildman–Crippen LogP) is 2.20. The molecule has 0 bridgehead atoms. The minimum atomic E-state index is -1.19. The average Bonchev–Trinajstić information content (AvgIpc) is 2.56. The molecule has 2 rings (SSSR count). The Kier molecular flexibility index (Phi) is 7.50. The number of carbonyl (C=O) groups excluding carboxylic acids is 2. The number of aromatic carboxylic acids is 2. The van der Waals surface area contributed by atoms with Crippen LogP contribution in [0, 0.1) is 0 Å². The monoisotopic (exact) mass is 375 g/mol. The van der Waals surface area contributed by atoms with Crippen molar-refractivity contribution in [1.82, 2.24) is 0 Å². The Morgan fingerprint density at radius 2 is 1.26 bits per heavy atom. The highest BCUT2D eigenvalue weighted by molar-refractivity contribution is 5.93. The van der Waals surface area contributed by atoms with Crippen LogP contribution in [0.4, 0.5) is 5.69 Å². The van der Waals surface area contributed by atoms with Crippen molar-refractivity contribution in [3.63, 3.8) is 0 Å². The van der Waals surface area contributed by atoms with E-state index in [1.807, 2.05) is 0 Å². The fourth-order valence-electron chi connectivity index (χ4n) is 1.85. The molecule has 9 nitrogen and oxygen atoms in total. The van der Waals surface area contributed by atoms with Gasteiger partial charge in [-0.15, -0.1) is 0 Å². The highest BCUT2D eigenvalue weighted by atomic mass is 16.5. The van der Waals surface area contributed by atoms with Gasteiger partial charge in [0.15, 0.2) is 0 Å². The van der Waals surface area contributed by atoms with Crippen molar-refractivity contribution >= 4 is 29.6 Å². The summed E-state index contributed by atoms with van der Waals surface area (Å²) in [6.45, 7) is 2.42. The maximum atomic E-state index is 10.7. The maximum absolute atomic E-state index is 10.7. The molecular weight excluding hydrogens is 358 g/mol. The molecular formula is C18H17NO8. The van der Waals surface area contributed by atoms with Gasteiger partial charge in [-0.3, -0.25) is 9.59 Å². The number of nitrogen functional groups attached to an aromatic ring is 1. The number of esters is 2. The molecule has 0 heterocycles. The van der Waals surface area contributed by atoms with E-state index < -0.39 is 23.9 Å². The van der Waals surface area contributed by atoms with Gasteiger partial charge >= 0.3 is 23.9 Å². The molecule has 0 spiro atoms. The van der Waals surface area contributed by atoms with Gasteiger partial charge in [-0.25, -0.2) is 9.59 Å². The summed E-state index contributed by atoms with van der Waals surface area (Å²) in [5, 5.41) is 17.4. The number of carboxylic acids is 2. The standard InChI is InChI=1S/C9H9NO4.C9H8O4/c1-5(11)14-8-3-2-6(10)4-7(8)9(12)13;1-6(10)13-8-5-3-2-4-7(8)9(11)12/h2-4H,10H2,1H3,(H,12,13);2-5H,1H3,(H,11,12). The molecule has 0 aromatic heterocycles. The first-order chi connectivity index (χ1) is 12.6. The molecule has 0 unspecified atom stereocenters. The smallest absolute Gasteiger partial charge is 0.339 e. The normalized spacial score (nSPS) is 9.41. The van der Waals surface area contributed by atoms with Crippen LogP contribution in [-0.2, 0) is 9.59 Å². The lowest BCUT2D eigenvalue weighted by atomic mass is 10.2. The van der Waals surface area contributed by atoms with Gasteiger partial charge in [-0.2, -0.15) is 0 Å². The summed E-state index contributed by atoms with van der Waals surface area (Å²) in [6, 6.07) is 10.0. The van der Waals surface area contributed by atoms with Crippen LogP contribution < -0.4 is 15.2 Å². The summed E-state index contributed by atoms with van der Waals surface area (Å²) in [6.07, 6.45) is 0. The Balaban J connectivity index is 0.000000271. The van der Waals surface area contributed by atoms with Crippen LogP contribution in [0.2, 0.25) is 0 Å². The Labute approximate surface area is 153 Å². The van der Waals surface area contributed by atoms with E-state index in [1.54, 1.807) is 12.1 Å². The van der Waals surface area contributed by atoms with Crippen LogP contribution in [0.1, 0.15) is 34.6 Å². The molecule has 2 aromatic carbocycles. The fourth-order valence-corrected chi connectivity index (χ4v) is 1.85. The zero-order valence-electron chi connectivity index (χ0n) is 14.5. The number of nitrogens with two attached hydrogens (primary N) is 1. The summed E-state index contributed by atoms with van der Waals surface area (Å²) in [7, 11) is 0. The molecule has 0 aliphatic carbocycles. The van der Waals surface area contributed by atoms with Gasteiger partial charge in [0.25, 0.3) is 0 Å². The van der Waals surface area contributed by atoms with Crippen LogP contribution in [0.25, 0.3) is 0 Å². The minimum Gasteiger partial charge on any atom is -0.478 e. The molecule has 0 fully saturated rings. The van der Waals surface area contributed by atoms with Crippen LogP contribution >= 0.6 is 0 Å². The summed E-state index contributed by atoms with van der Waals surface area (Å²) in [4.78, 5) is 42.5. The summed E-state index contributed by atoms with van der Waals surface area (Å²) >= 11 is 0. The molecule has 9 heteroatoms. The second kappa shape index (κ2) is 9.56. The fraction of sp³-hybridized carbons (Fsp3) is 0.111. The summed E-state index contributed by atoms with van der Waals surface area (Å²) < 4.78 is 9.37. The van der Waals surface area contributed by atoms with Gasteiger partial charge in [0.2, 0.25) is 0 Å². The van der Waals surface area contributed by atoms with E-state index in [9.17, 15) is 19.2 Å². The van der Waals surface area contributed by atoms with E-state index in [1.165, 1.54) is 44.2 Å². The van der Waals surface area contributed by atoms with Gasteiger partial charge in [0, 0.05) is 19.5 Å². The molecule has 142 valence electrons. The zero-order chi connectivity index (χ0) is 20.6. The summed E-state index contributed by atoms with van der Waals surface area (Å²) in [5.41, 5.74) is 5.56. The lowest BCUT2D eigenvalue weighted by Crippen LogP contribution is -2.07. The van der Waals surface area contributed by atoms with Crippen molar-refractivity contribution in [2.45, 2.75) is 13.8 Å². The van der Waals surface area contributed by atoms with Crippen molar-refractivity contribution in [2.75, 3.05) is 5.73 Å². The molecule has 0 amide bonds. The highest BCUT2D eigenvalue weighted by Gasteiger charge is 2.13.